The van der Waals surface area contributed by atoms with Crippen molar-refractivity contribution in [2.24, 2.45) is 0 Å². The summed E-state index contributed by atoms with van der Waals surface area (Å²) in [5.41, 5.74) is 1.45. The van der Waals surface area contributed by atoms with Crippen molar-refractivity contribution in [3.63, 3.8) is 0 Å². The molecule has 1 saturated heterocycles. The molecule has 2 heterocycles. The molecule has 7 heteroatoms. The number of benzene rings is 1. The fourth-order valence-corrected chi connectivity index (χ4v) is 2.22. The predicted octanol–water partition coefficient (Wildman–Crippen LogP) is 1.21. The summed E-state index contributed by atoms with van der Waals surface area (Å²) in [5.74, 6) is -0.285. The van der Waals surface area contributed by atoms with Crippen LogP contribution in [-0.4, -0.2) is 44.9 Å². The number of hydrogen-bond donors (Lipinski definition) is 1. The number of likely N-dealkylation sites (N-methyl/N-ethyl adjacent to an activating group) is 1. The third kappa shape index (κ3) is 2.43. The lowest BCUT2D eigenvalue weighted by Gasteiger charge is -2.13. The van der Waals surface area contributed by atoms with Gasteiger partial charge >= 0.3 is 0 Å². The lowest BCUT2D eigenvalue weighted by atomic mass is 10.2. The average molecular weight is 278 g/mol. The van der Waals surface area contributed by atoms with Gasteiger partial charge in [-0.15, -0.1) is 5.10 Å². The number of aromatic nitrogens is 3. The first-order valence-electron chi connectivity index (χ1n) is 6.35. The number of hydrogen-bond acceptors (Lipinski definition) is 5. The highest BCUT2D eigenvalue weighted by atomic mass is 19.1. The Morgan fingerprint density at radius 2 is 2.15 bits per heavy atom. The summed E-state index contributed by atoms with van der Waals surface area (Å²) < 4.78 is 14.5. The van der Waals surface area contributed by atoms with E-state index in [4.69, 9.17) is 4.84 Å². The van der Waals surface area contributed by atoms with Gasteiger partial charge in [0.25, 0.3) is 0 Å². The van der Waals surface area contributed by atoms with Gasteiger partial charge in [-0.3, -0.25) is 4.84 Å². The van der Waals surface area contributed by atoms with Gasteiger partial charge in [0.2, 0.25) is 0 Å². The summed E-state index contributed by atoms with van der Waals surface area (Å²) in [5, 5.41) is 18.9. The maximum Gasteiger partial charge on any atom is 0.174 e. The van der Waals surface area contributed by atoms with Crippen molar-refractivity contribution in [3.8, 4) is 11.3 Å². The number of rotatable bonds is 3. The molecule has 1 aliphatic heterocycles. The molecule has 1 aromatic heterocycles. The molecule has 3 rings (SSSR count). The van der Waals surface area contributed by atoms with E-state index in [-0.39, 0.29) is 24.7 Å². The summed E-state index contributed by atoms with van der Waals surface area (Å²) in [7, 11) is 1.78. The van der Waals surface area contributed by atoms with Gasteiger partial charge in [0.1, 0.15) is 11.5 Å². The van der Waals surface area contributed by atoms with E-state index >= 15 is 0 Å². The Labute approximate surface area is 115 Å². The van der Waals surface area contributed by atoms with Crippen molar-refractivity contribution in [1.82, 2.24) is 20.1 Å². The topological polar surface area (TPSA) is 63.4 Å². The fraction of sp³-hybridized carbons (Fsp3) is 0.385. The molecule has 0 bridgehead atoms. The molecule has 0 saturated carbocycles. The highest BCUT2D eigenvalue weighted by Crippen LogP contribution is 2.28. The minimum atomic E-state index is -0.285. The third-order valence-electron chi connectivity index (χ3n) is 3.43. The number of hydroxylamine groups is 2. The van der Waals surface area contributed by atoms with Gasteiger partial charge in [0.05, 0.1) is 18.8 Å². The second kappa shape index (κ2) is 5.28. The zero-order valence-corrected chi connectivity index (χ0v) is 11.0. The largest absolute Gasteiger partial charge is 0.395 e. The third-order valence-corrected chi connectivity index (χ3v) is 3.43. The smallest absolute Gasteiger partial charge is 0.174 e. The molecule has 1 fully saturated rings. The van der Waals surface area contributed by atoms with Gasteiger partial charge in [0, 0.05) is 19.0 Å². The molecule has 1 aromatic carbocycles. The number of aliphatic hydroxyl groups excluding tert-OH is 1. The van der Waals surface area contributed by atoms with E-state index in [1.165, 1.54) is 12.1 Å². The van der Waals surface area contributed by atoms with Crippen LogP contribution in [0.2, 0.25) is 0 Å². The van der Waals surface area contributed by atoms with E-state index in [1.54, 1.807) is 35.1 Å². The van der Waals surface area contributed by atoms with E-state index in [0.29, 0.717) is 12.1 Å². The maximum absolute atomic E-state index is 12.9. The Bertz CT molecular complexity index is 586. The maximum atomic E-state index is 12.9. The van der Waals surface area contributed by atoms with Gasteiger partial charge in [-0.1, -0.05) is 5.21 Å². The molecule has 2 atom stereocenters. The summed E-state index contributed by atoms with van der Waals surface area (Å²) >= 11 is 0. The molecule has 6 nitrogen and oxygen atoms in total. The van der Waals surface area contributed by atoms with Crippen LogP contribution < -0.4 is 0 Å². The summed E-state index contributed by atoms with van der Waals surface area (Å²) in [6, 6.07) is 6.04. The molecular formula is C13H15FN4O2. The second-order valence-electron chi connectivity index (χ2n) is 4.77. The van der Waals surface area contributed by atoms with E-state index < -0.39 is 0 Å². The average Bonchev–Trinajstić information content (AvgIpc) is 3.06. The molecule has 0 radical (unpaired) electrons. The minimum absolute atomic E-state index is 0.0342. The molecule has 0 amide bonds. The molecule has 2 aromatic rings. The van der Waals surface area contributed by atoms with Crippen molar-refractivity contribution < 1.29 is 14.3 Å². The Balaban J connectivity index is 1.79. The molecule has 1 N–H and O–H groups in total. The Hall–Kier alpha value is -1.83. The van der Waals surface area contributed by atoms with Crippen LogP contribution in [0, 0.1) is 5.82 Å². The number of aliphatic hydroxyl groups is 1. The second-order valence-corrected chi connectivity index (χ2v) is 4.77. The standard InChI is InChI=1S/C13H15FN4O2/c1-17-11(8-19)6-13(20-17)18-7-12(15-16-18)9-2-4-10(14)5-3-9/h2-5,7,11,13,19H,6,8H2,1H3/t11-,13+/m1/s1. The highest BCUT2D eigenvalue weighted by molar-refractivity contribution is 5.57. The van der Waals surface area contributed by atoms with E-state index in [2.05, 4.69) is 10.3 Å². The van der Waals surface area contributed by atoms with Gasteiger partial charge in [-0.05, 0) is 24.3 Å². The lowest BCUT2D eigenvalue weighted by molar-refractivity contribution is -0.172. The summed E-state index contributed by atoms with van der Waals surface area (Å²) in [4.78, 5) is 5.59. The zero-order valence-electron chi connectivity index (χ0n) is 11.0. The fourth-order valence-electron chi connectivity index (χ4n) is 2.22. The molecule has 20 heavy (non-hydrogen) atoms. The van der Waals surface area contributed by atoms with Crippen LogP contribution in [0.3, 0.4) is 0 Å². The summed E-state index contributed by atoms with van der Waals surface area (Å²) in [6.07, 6.45) is 2.11. The first-order chi connectivity index (χ1) is 9.67. The lowest BCUT2D eigenvalue weighted by Crippen LogP contribution is -2.26. The molecule has 106 valence electrons. The number of nitrogens with zero attached hydrogens (tertiary/aromatic N) is 4. The predicted molar refractivity (Wildman–Crippen MR) is 68.8 cm³/mol. The Kier molecular flexibility index (Phi) is 3.47. The van der Waals surface area contributed by atoms with Gasteiger partial charge in [-0.25, -0.2) is 9.07 Å². The van der Waals surface area contributed by atoms with Crippen LogP contribution in [0.25, 0.3) is 11.3 Å². The number of halogens is 1. The molecule has 0 aliphatic carbocycles. The highest BCUT2D eigenvalue weighted by Gasteiger charge is 2.32. The molecule has 1 aliphatic rings. The normalized spacial score (nSPS) is 23.4. The first-order valence-corrected chi connectivity index (χ1v) is 6.35. The van der Waals surface area contributed by atoms with Crippen LogP contribution in [-0.2, 0) is 4.84 Å². The van der Waals surface area contributed by atoms with E-state index in [0.717, 1.165) is 5.56 Å². The first kappa shape index (κ1) is 13.2. The van der Waals surface area contributed by atoms with Crippen LogP contribution in [0.5, 0.6) is 0 Å². The van der Waals surface area contributed by atoms with Gasteiger partial charge in [0.15, 0.2) is 6.23 Å². The van der Waals surface area contributed by atoms with E-state index in [9.17, 15) is 9.50 Å². The van der Waals surface area contributed by atoms with Crippen molar-refractivity contribution in [3.05, 3.63) is 36.3 Å². The molecule has 0 unspecified atom stereocenters. The quantitative estimate of drug-likeness (QED) is 0.914. The SMILES string of the molecule is CN1O[C@H](n2cc(-c3ccc(F)cc3)nn2)C[C@@H]1CO. The molecular weight excluding hydrogens is 263 g/mol. The zero-order chi connectivity index (χ0) is 14.1. The monoisotopic (exact) mass is 278 g/mol. The van der Waals surface area contributed by atoms with Crippen LogP contribution in [0.15, 0.2) is 30.5 Å². The van der Waals surface area contributed by atoms with Crippen molar-refractivity contribution in [2.45, 2.75) is 18.7 Å². The Morgan fingerprint density at radius 3 is 2.80 bits per heavy atom. The van der Waals surface area contributed by atoms with Crippen LogP contribution in [0.4, 0.5) is 4.39 Å². The molecule has 0 spiro atoms. The van der Waals surface area contributed by atoms with E-state index in [1.807, 2.05) is 0 Å². The van der Waals surface area contributed by atoms with Crippen molar-refractivity contribution in [2.75, 3.05) is 13.7 Å². The van der Waals surface area contributed by atoms with Crippen LogP contribution >= 0.6 is 0 Å². The van der Waals surface area contributed by atoms with Crippen molar-refractivity contribution >= 4 is 0 Å². The van der Waals surface area contributed by atoms with Gasteiger partial charge in [-0.2, -0.15) is 5.06 Å². The van der Waals surface area contributed by atoms with Gasteiger partial charge < -0.3 is 5.11 Å². The summed E-state index contributed by atoms with van der Waals surface area (Å²) in [6.45, 7) is 0.0342. The van der Waals surface area contributed by atoms with Crippen LogP contribution in [0.1, 0.15) is 12.6 Å². The Morgan fingerprint density at radius 1 is 1.40 bits per heavy atom. The van der Waals surface area contributed by atoms with Crippen molar-refractivity contribution in [1.29, 1.82) is 0 Å². The minimum Gasteiger partial charge on any atom is -0.395 e.